The fourth-order valence-electron chi connectivity index (χ4n) is 1.61. The Morgan fingerprint density at radius 2 is 2.05 bits per heavy atom. The molecule has 112 valence electrons. The number of furan rings is 1. The van der Waals surface area contributed by atoms with Gasteiger partial charge in [0, 0.05) is 6.07 Å². The zero-order chi connectivity index (χ0) is 15.8. The number of carboxylic acids is 1. The number of halogens is 2. The van der Waals surface area contributed by atoms with Gasteiger partial charge in [-0.3, -0.25) is 4.72 Å². The topological polar surface area (TPSA) is 96.6 Å². The highest BCUT2D eigenvalue weighted by atomic mass is 35.5. The monoisotopic (exact) mass is 333 g/mol. The molecule has 1 heterocycles. The van der Waals surface area contributed by atoms with E-state index in [1.165, 1.54) is 13.0 Å². The molecule has 0 amide bonds. The van der Waals surface area contributed by atoms with Crippen molar-refractivity contribution in [1.82, 2.24) is 0 Å². The van der Waals surface area contributed by atoms with Gasteiger partial charge in [-0.05, 0) is 25.1 Å². The van der Waals surface area contributed by atoms with E-state index in [9.17, 15) is 17.6 Å². The standard InChI is InChI=1S/C12H9ClFNO5S/c1-6-11(5-10(20-6)12(16)17)21(18,19)15-7-2-3-9(14)8(13)4-7/h2-5,15H,1H3,(H,16,17). The molecule has 6 nitrogen and oxygen atoms in total. The van der Waals surface area contributed by atoms with Crippen molar-refractivity contribution >= 4 is 33.3 Å². The van der Waals surface area contributed by atoms with E-state index >= 15 is 0 Å². The highest BCUT2D eigenvalue weighted by molar-refractivity contribution is 7.92. The van der Waals surface area contributed by atoms with Crippen LogP contribution in [0.2, 0.25) is 5.02 Å². The summed E-state index contributed by atoms with van der Waals surface area (Å²) in [5.41, 5.74) is 0.0406. The summed E-state index contributed by atoms with van der Waals surface area (Å²) in [6, 6.07) is 4.18. The third-order valence-corrected chi connectivity index (χ3v) is 4.32. The largest absolute Gasteiger partial charge is 0.475 e. The summed E-state index contributed by atoms with van der Waals surface area (Å²) in [6.45, 7) is 1.32. The summed E-state index contributed by atoms with van der Waals surface area (Å²) in [5, 5.41) is 8.53. The molecule has 2 rings (SSSR count). The van der Waals surface area contributed by atoms with Crippen LogP contribution in [0.5, 0.6) is 0 Å². The minimum absolute atomic E-state index is 0.0406. The van der Waals surface area contributed by atoms with Crippen molar-refractivity contribution in [2.45, 2.75) is 11.8 Å². The molecule has 9 heteroatoms. The number of hydrogen-bond donors (Lipinski definition) is 2. The number of benzene rings is 1. The van der Waals surface area contributed by atoms with Gasteiger partial charge in [-0.2, -0.15) is 0 Å². The van der Waals surface area contributed by atoms with Crippen LogP contribution in [-0.2, 0) is 10.0 Å². The number of nitrogens with one attached hydrogen (secondary N) is 1. The highest BCUT2D eigenvalue weighted by Crippen LogP contribution is 2.25. The molecule has 21 heavy (non-hydrogen) atoms. The lowest BCUT2D eigenvalue weighted by Crippen LogP contribution is -2.13. The number of carbonyl (C=O) groups is 1. The Morgan fingerprint density at radius 1 is 1.38 bits per heavy atom. The van der Waals surface area contributed by atoms with E-state index in [1.54, 1.807) is 0 Å². The predicted molar refractivity (Wildman–Crippen MR) is 72.6 cm³/mol. The second kappa shape index (κ2) is 5.38. The van der Waals surface area contributed by atoms with Gasteiger partial charge in [0.2, 0.25) is 5.76 Å². The fourth-order valence-corrected chi connectivity index (χ4v) is 3.02. The van der Waals surface area contributed by atoms with Gasteiger partial charge in [-0.25, -0.2) is 17.6 Å². The highest BCUT2D eigenvalue weighted by Gasteiger charge is 2.24. The minimum Gasteiger partial charge on any atom is -0.475 e. The molecule has 0 saturated heterocycles. The summed E-state index contributed by atoms with van der Waals surface area (Å²) in [5.74, 6) is -2.64. The van der Waals surface area contributed by atoms with Crippen molar-refractivity contribution < 1.29 is 27.1 Å². The summed E-state index contributed by atoms with van der Waals surface area (Å²) < 4.78 is 44.3. The molecule has 0 bridgehead atoms. The van der Waals surface area contributed by atoms with Gasteiger partial charge in [0.1, 0.15) is 16.5 Å². The van der Waals surface area contributed by atoms with Crippen LogP contribution >= 0.6 is 11.6 Å². The average molecular weight is 334 g/mol. The Labute approximate surface area is 124 Å². The summed E-state index contributed by atoms with van der Waals surface area (Å²) in [7, 11) is -4.07. The maximum atomic E-state index is 13.0. The SMILES string of the molecule is Cc1oc(C(=O)O)cc1S(=O)(=O)Nc1ccc(F)c(Cl)c1. The summed E-state index contributed by atoms with van der Waals surface area (Å²) >= 11 is 5.56. The molecule has 0 saturated carbocycles. The predicted octanol–water partition coefficient (Wildman–Crippen LogP) is 2.88. The average Bonchev–Trinajstić information content (AvgIpc) is 2.77. The molecule has 1 aromatic heterocycles. The lowest BCUT2D eigenvalue weighted by atomic mass is 10.3. The Bertz CT molecular complexity index is 815. The summed E-state index contributed by atoms with van der Waals surface area (Å²) in [6.07, 6.45) is 0. The molecule has 0 spiro atoms. The second-order valence-corrected chi connectivity index (χ2v) is 6.13. The number of carboxylic acid groups (broad SMARTS) is 1. The Hall–Kier alpha value is -2.06. The van der Waals surface area contributed by atoms with Crippen molar-refractivity contribution in [1.29, 1.82) is 0 Å². The third-order valence-electron chi connectivity index (χ3n) is 2.54. The van der Waals surface area contributed by atoms with Gasteiger partial charge in [0.15, 0.2) is 0 Å². The van der Waals surface area contributed by atoms with Crippen LogP contribution in [0.25, 0.3) is 0 Å². The first-order valence-electron chi connectivity index (χ1n) is 5.52. The summed E-state index contributed by atoms with van der Waals surface area (Å²) in [4.78, 5) is 10.4. The van der Waals surface area contributed by atoms with Gasteiger partial charge in [0.25, 0.3) is 10.0 Å². The van der Waals surface area contributed by atoms with Gasteiger partial charge in [-0.1, -0.05) is 11.6 Å². The van der Waals surface area contributed by atoms with E-state index in [2.05, 4.69) is 4.72 Å². The van der Waals surface area contributed by atoms with Crippen molar-refractivity contribution in [2.75, 3.05) is 4.72 Å². The fraction of sp³-hybridized carbons (Fsp3) is 0.0833. The number of sulfonamides is 1. The maximum Gasteiger partial charge on any atom is 0.371 e. The minimum atomic E-state index is -4.07. The molecule has 1 aromatic carbocycles. The van der Waals surface area contributed by atoms with Crippen LogP contribution in [-0.4, -0.2) is 19.5 Å². The smallest absolute Gasteiger partial charge is 0.371 e. The van der Waals surface area contributed by atoms with E-state index in [4.69, 9.17) is 21.1 Å². The van der Waals surface area contributed by atoms with Crippen LogP contribution in [0, 0.1) is 12.7 Å². The van der Waals surface area contributed by atoms with Crippen molar-refractivity contribution in [3.8, 4) is 0 Å². The van der Waals surface area contributed by atoms with E-state index < -0.39 is 27.6 Å². The molecule has 2 N–H and O–H groups in total. The van der Waals surface area contributed by atoms with Crippen LogP contribution in [0.4, 0.5) is 10.1 Å². The van der Waals surface area contributed by atoms with Crippen molar-refractivity contribution in [2.24, 2.45) is 0 Å². The molecule has 0 aliphatic heterocycles. The lowest BCUT2D eigenvalue weighted by Gasteiger charge is -2.07. The quantitative estimate of drug-likeness (QED) is 0.896. The van der Waals surface area contributed by atoms with Crippen molar-refractivity contribution in [3.63, 3.8) is 0 Å². The zero-order valence-electron chi connectivity index (χ0n) is 10.6. The first kappa shape index (κ1) is 15.3. The maximum absolute atomic E-state index is 13.0. The molecule has 0 radical (unpaired) electrons. The Kier molecular flexibility index (Phi) is 3.93. The molecule has 0 atom stereocenters. The van der Waals surface area contributed by atoms with Crippen LogP contribution in [0.3, 0.4) is 0 Å². The second-order valence-electron chi connectivity index (χ2n) is 4.07. The molecule has 0 fully saturated rings. The number of anilines is 1. The Morgan fingerprint density at radius 3 is 2.57 bits per heavy atom. The molecule has 2 aromatic rings. The molecular formula is C12H9ClFNO5S. The van der Waals surface area contributed by atoms with Gasteiger partial charge in [-0.15, -0.1) is 0 Å². The normalized spacial score (nSPS) is 11.4. The Balaban J connectivity index is 2.38. The molecular weight excluding hydrogens is 325 g/mol. The van der Waals surface area contributed by atoms with Crippen LogP contribution in [0.1, 0.15) is 16.3 Å². The first-order chi connectivity index (χ1) is 9.70. The van der Waals surface area contributed by atoms with E-state index in [-0.39, 0.29) is 21.4 Å². The van der Waals surface area contributed by atoms with E-state index in [0.717, 1.165) is 18.2 Å². The number of aromatic carboxylic acids is 1. The number of hydrogen-bond acceptors (Lipinski definition) is 4. The molecule has 0 unspecified atom stereocenters. The zero-order valence-corrected chi connectivity index (χ0v) is 12.1. The number of aryl methyl sites for hydroxylation is 1. The van der Waals surface area contributed by atoms with E-state index in [1.807, 2.05) is 0 Å². The molecule has 0 aliphatic rings. The van der Waals surface area contributed by atoms with Gasteiger partial charge >= 0.3 is 5.97 Å². The first-order valence-corrected chi connectivity index (χ1v) is 7.38. The lowest BCUT2D eigenvalue weighted by molar-refractivity contribution is 0.0661. The van der Waals surface area contributed by atoms with Crippen LogP contribution < -0.4 is 4.72 Å². The number of rotatable bonds is 4. The third kappa shape index (κ3) is 3.17. The van der Waals surface area contributed by atoms with E-state index in [0.29, 0.717) is 0 Å². The van der Waals surface area contributed by atoms with Gasteiger partial charge in [0.05, 0.1) is 10.7 Å². The molecule has 0 aliphatic carbocycles. The van der Waals surface area contributed by atoms with Crippen LogP contribution in [0.15, 0.2) is 33.6 Å². The van der Waals surface area contributed by atoms with Crippen molar-refractivity contribution in [3.05, 3.63) is 46.6 Å². The van der Waals surface area contributed by atoms with Gasteiger partial charge < -0.3 is 9.52 Å².